The van der Waals surface area contributed by atoms with Gasteiger partial charge in [-0.25, -0.2) is 9.37 Å². The molecule has 0 fully saturated rings. The smallest absolute Gasteiger partial charge is 0.299 e. The van der Waals surface area contributed by atoms with Crippen LogP contribution in [0.1, 0.15) is 19.0 Å². The number of amides is 1. The second-order valence-corrected chi connectivity index (χ2v) is 4.99. The molecular weight excluding hydrogens is 338 g/mol. The van der Waals surface area contributed by atoms with Gasteiger partial charge in [-0.2, -0.15) is 13.2 Å². The maximum absolute atomic E-state index is 13.4. The van der Waals surface area contributed by atoms with Crippen molar-refractivity contribution < 1.29 is 22.4 Å². The van der Waals surface area contributed by atoms with Gasteiger partial charge in [0.05, 0.1) is 24.1 Å². The summed E-state index contributed by atoms with van der Waals surface area (Å²) in [4.78, 5) is 20.0. The molecule has 2 aromatic heterocycles. The summed E-state index contributed by atoms with van der Waals surface area (Å²) in [5.74, 6) is 0.898. The van der Waals surface area contributed by atoms with Crippen LogP contribution in [0.25, 0.3) is 11.3 Å². The van der Waals surface area contributed by atoms with E-state index in [2.05, 4.69) is 15.9 Å². The van der Waals surface area contributed by atoms with Gasteiger partial charge in [-0.3, -0.25) is 14.7 Å². The van der Waals surface area contributed by atoms with Crippen molar-refractivity contribution in [3.05, 3.63) is 42.1 Å². The first kappa shape index (κ1) is 18.4. The average molecular weight is 351 g/mol. The Bertz CT molecular complexity index is 827. The summed E-state index contributed by atoms with van der Waals surface area (Å²) in [7, 11) is 0. The van der Waals surface area contributed by atoms with E-state index in [-0.39, 0.29) is 24.2 Å². The molecule has 2 aromatic rings. The van der Waals surface area contributed by atoms with Gasteiger partial charge in [0, 0.05) is 18.2 Å². The molecule has 0 saturated carbocycles. The van der Waals surface area contributed by atoms with E-state index >= 15 is 0 Å². The van der Waals surface area contributed by atoms with Crippen LogP contribution in [0.2, 0.25) is 0 Å². The number of carbonyl (C=O) groups excluding carboxylic acids is 1. The second-order valence-electron chi connectivity index (χ2n) is 4.99. The van der Waals surface area contributed by atoms with Gasteiger partial charge in [-0.15, -0.1) is 6.42 Å². The highest BCUT2D eigenvalue weighted by Crippen LogP contribution is 2.37. The number of carbonyl (C=O) groups is 1. The normalized spacial score (nSPS) is 11.0. The van der Waals surface area contributed by atoms with E-state index in [0.29, 0.717) is 0 Å². The standard InChI is InChI=1S/C17H13F4N3O/c1-3-7-24(15(25)4-2)14-6-5-13(23-16(14)17(19,20)21)11-8-12(18)10-22-9-11/h1,5-6,8-10H,4,7H2,2H3. The van der Waals surface area contributed by atoms with Gasteiger partial charge >= 0.3 is 6.18 Å². The fourth-order valence-corrected chi connectivity index (χ4v) is 2.18. The molecule has 1 amide bonds. The number of rotatable bonds is 4. The van der Waals surface area contributed by atoms with E-state index in [1.165, 1.54) is 19.2 Å². The predicted molar refractivity (Wildman–Crippen MR) is 83.9 cm³/mol. The Kier molecular flexibility index (Phi) is 5.37. The van der Waals surface area contributed by atoms with E-state index in [9.17, 15) is 22.4 Å². The molecule has 130 valence electrons. The molecule has 0 radical (unpaired) electrons. The molecule has 0 aliphatic carbocycles. The highest BCUT2D eigenvalue weighted by atomic mass is 19.4. The van der Waals surface area contributed by atoms with E-state index in [4.69, 9.17) is 6.42 Å². The van der Waals surface area contributed by atoms with E-state index < -0.39 is 29.3 Å². The van der Waals surface area contributed by atoms with Crippen LogP contribution >= 0.6 is 0 Å². The highest BCUT2D eigenvalue weighted by Gasteiger charge is 2.38. The molecule has 0 spiro atoms. The molecule has 25 heavy (non-hydrogen) atoms. The summed E-state index contributed by atoms with van der Waals surface area (Å²) in [5.41, 5.74) is -1.74. The van der Waals surface area contributed by atoms with Crippen molar-refractivity contribution in [2.45, 2.75) is 19.5 Å². The van der Waals surface area contributed by atoms with Crippen LogP contribution in [0.4, 0.5) is 23.2 Å². The van der Waals surface area contributed by atoms with Crippen LogP contribution < -0.4 is 4.90 Å². The van der Waals surface area contributed by atoms with Crippen LogP contribution in [0, 0.1) is 18.2 Å². The van der Waals surface area contributed by atoms with Crippen molar-refractivity contribution in [2.75, 3.05) is 11.4 Å². The Morgan fingerprint density at radius 3 is 2.60 bits per heavy atom. The van der Waals surface area contributed by atoms with Gasteiger partial charge in [0.1, 0.15) is 5.82 Å². The third-order valence-corrected chi connectivity index (χ3v) is 3.29. The number of halogens is 4. The quantitative estimate of drug-likeness (QED) is 0.624. The fraction of sp³-hybridized carbons (Fsp3) is 0.235. The monoisotopic (exact) mass is 351 g/mol. The number of anilines is 1. The summed E-state index contributed by atoms with van der Waals surface area (Å²) in [6.45, 7) is 1.19. The summed E-state index contributed by atoms with van der Waals surface area (Å²) in [6, 6.07) is 3.38. The first-order valence-corrected chi connectivity index (χ1v) is 7.21. The van der Waals surface area contributed by atoms with Crippen LogP contribution in [0.3, 0.4) is 0 Å². The Balaban J connectivity index is 2.62. The molecule has 0 aliphatic heterocycles. The molecule has 0 aliphatic rings. The summed E-state index contributed by atoms with van der Waals surface area (Å²) < 4.78 is 53.6. The molecule has 2 heterocycles. The SMILES string of the molecule is C#CCN(C(=O)CC)c1ccc(-c2cncc(F)c2)nc1C(F)(F)F. The van der Waals surface area contributed by atoms with Crippen LogP contribution in [0.15, 0.2) is 30.6 Å². The molecule has 0 atom stereocenters. The van der Waals surface area contributed by atoms with Gasteiger partial charge in [-0.05, 0) is 18.2 Å². The lowest BCUT2D eigenvalue weighted by atomic mass is 10.1. The van der Waals surface area contributed by atoms with Crippen LogP contribution in [-0.2, 0) is 11.0 Å². The third kappa shape index (κ3) is 4.12. The van der Waals surface area contributed by atoms with Crippen molar-refractivity contribution in [3.8, 4) is 23.6 Å². The number of terminal acetylenes is 1. The predicted octanol–water partition coefficient (Wildman–Crippen LogP) is 3.68. The zero-order chi connectivity index (χ0) is 18.6. The lowest BCUT2D eigenvalue weighted by molar-refractivity contribution is -0.140. The Labute approximate surface area is 141 Å². The van der Waals surface area contributed by atoms with Crippen molar-refractivity contribution in [2.24, 2.45) is 0 Å². The number of pyridine rings is 2. The van der Waals surface area contributed by atoms with Gasteiger partial charge in [0.15, 0.2) is 5.69 Å². The molecule has 0 bridgehead atoms. The minimum Gasteiger partial charge on any atom is -0.299 e. The van der Waals surface area contributed by atoms with Crippen molar-refractivity contribution in [3.63, 3.8) is 0 Å². The Morgan fingerprint density at radius 2 is 2.04 bits per heavy atom. The molecular formula is C17H13F4N3O. The molecule has 4 nitrogen and oxygen atoms in total. The van der Waals surface area contributed by atoms with Gasteiger partial charge < -0.3 is 0 Å². The lowest BCUT2D eigenvalue weighted by Crippen LogP contribution is -2.33. The number of nitrogens with zero attached hydrogens (tertiary/aromatic N) is 3. The first-order valence-electron chi connectivity index (χ1n) is 7.21. The molecule has 2 rings (SSSR count). The third-order valence-electron chi connectivity index (χ3n) is 3.29. The molecule has 0 saturated heterocycles. The minimum absolute atomic E-state index is 0.0193. The average Bonchev–Trinajstić information content (AvgIpc) is 2.58. The first-order chi connectivity index (χ1) is 11.8. The van der Waals surface area contributed by atoms with Gasteiger partial charge in [-0.1, -0.05) is 12.8 Å². The molecule has 0 unspecified atom stereocenters. The van der Waals surface area contributed by atoms with E-state index in [1.54, 1.807) is 0 Å². The van der Waals surface area contributed by atoms with Gasteiger partial charge in [0.2, 0.25) is 5.91 Å². The van der Waals surface area contributed by atoms with Crippen molar-refractivity contribution in [1.82, 2.24) is 9.97 Å². The van der Waals surface area contributed by atoms with E-state index in [0.717, 1.165) is 23.2 Å². The Morgan fingerprint density at radius 1 is 1.32 bits per heavy atom. The number of alkyl halides is 3. The van der Waals surface area contributed by atoms with Crippen molar-refractivity contribution >= 4 is 11.6 Å². The highest BCUT2D eigenvalue weighted by molar-refractivity contribution is 5.94. The molecule has 0 N–H and O–H groups in total. The Hall–Kier alpha value is -2.95. The summed E-state index contributed by atoms with van der Waals surface area (Å²) in [5, 5.41) is 0. The summed E-state index contributed by atoms with van der Waals surface area (Å²) >= 11 is 0. The number of aromatic nitrogens is 2. The number of hydrogen-bond donors (Lipinski definition) is 0. The van der Waals surface area contributed by atoms with Crippen LogP contribution in [-0.4, -0.2) is 22.4 Å². The maximum atomic E-state index is 13.4. The fourth-order valence-electron chi connectivity index (χ4n) is 2.18. The zero-order valence-corrected chi connectivity index (χ0v) is 13.1. The number of hydrogen-bond acceptors (Lipinski definition) is 3. The molecule has 0 aromatic carbocycles. The zero-order valence-electron chi connectivity index (χ0n) is 13.1. The summed E-state index contributed by atoms with van der Waals surface area (Å²) in [6.07, 6.45) is 2.44. The van der Waals surface area contributed by atoms with Gasteiger partial charge in [0.25, 0.3) is 0 Å². The minimum atomic E-state index is -4.83. The lowest BCUT2D eigenvalue weighted by Gasteiger charge is -2.23. The second kappa shape index (κ2) is 7.30. The maximum Gasteiger partial charge on any atom is 0.435 e. The van der Waals surface area contributed by atoms with E-state index in [1.807, 2.05) is 0 Å². The van der Waals surface area contributed by atoms with Crippen molar-refractivity contribution in [1.29, 1.82) is 0 Å². The van der Waals surface area contributed by atoms with Crippen LogP contribution in [0.5, 0.6) is 0 Å². The largest absolute Gasteiger partial charge is 0.435 e. The molecule has 8 heteroatoms. The topological polar surface area (TPSA) is 46.1 Å².